The molecule has 130 valence electrons. The van der Waals surface area contributed by atoms with E-state index in [2.05, 4.69) is 10.6 Å². The van der Waals surface area contributed by atoms with E-state index < -0.39 is 11.0 Å². The van der Waals surface area contributed by atoms with Crippen LogP contribution in [-0.2, 0) is 4.79 Å². The van der Waals surface area contributed by atoms with Gasteiger partial charge in [0.15, 0.2) is 0 Å². The minimum absolute atomic E-state index is 0.0287. The first kappa shape index (κ1) is 19.6. The third kappa shape index (κ3) is 5.32. The number of aryl methyl sites for hydroxylation is 1. The highest BCUT2D eigenvalue weighted by molar-refractivity contribution is 7.18. The zero-order valence-electron chi connectivity index (χ0n) is 14.9. The minimum Gasteiger partial charge on any atom is -0.396 e. The molecule has 0 spiro atoms. The lowest BCUT2D eigenvalue weighted by Crippen LogP contribution is -2.46. The maximum atomic E-state index is 12.5. The lowest BCUT2D eigenvalue weighted by molar-refractivity contribution is -0.123. The van der Waals surface area contributed by atoms with Gasteiger partial charge in [0.05, 0.1) is 9.88 Å². The molecule has 0 saturated carbocycles. The van der Waals surface area contributed by atoms with Crippen molar-refractivity contribution < 1.29 is 14.7 Å². The van der Waals surface area contributed by atoms with E-state index >= 15 is 0 Å². The summed E-state index contributed by atoms with van der Waals surface area (Å²) in [5.41, 5.74) is -0.0848. The van der Waals surface area contributed by atoms with Crippen LogP contribution in [0.1, 0.15) is 62.7 Å². The van der Waals surface area contributed by atoms with Crippen molar-refractivity contribution in [3.63, 3.8) is 0 Å². The Hall–Kier alpha value is -1.40. The first-order valence-corrected chi connectivity index (χ1v) is 8.69. The number of amides is 2. The summed E-state index contributed by atoms with van der Waals surface area (Å²) in [4.78, 5) is 25.2. The molecule has 3 N–H and O–H groups in total. The van der Waals surface area contributed by atoms with Crippen LogP contribution in [0.2, 0.25) is 0 Å². The second kappa shape index (κ2) is 7.45. The van der Waals surface area contributed by atoms with Crippen LogP contribution in [-0.4, -0.2) is 29.1 Å². The largest absolute Gasteiger partial charge is 0.396 e. The number of aliphatic hydroxyl groups excluding tert-OH is 1. The van der Waals surface area contributed by atoms with Crippen molar-refractivity contribution in [3.05, 3.63) is 16.5 Å². The summed E-state index contributed by atoms with van der Waals surface area (Å²) in [7, 11) is 0. The van der Waals surface area contributed by atoms with Gasteiger partial charge in [-0.1, -0.05) is 27.7 Å². The molecule has 2 amide bonds. The fourth-order valence-electron chi connectivity index (χ4n) is 1.97. The number of hydrogen-bond donors (Lipinski definition) is 3. The van der Waals surface area contributed by atoms with Gasteiger partial charge in [0.25, 0.3) is 5.91 Å². The first-order chi connectivity index (χ1) is 10.5. The van der Waals surface area contributed by atoms with E-state index in [4.69, 9.17) is 5.11 Å². The van der Waals surface area contributed by atoms with Crippen molar-refractivity contribution in [3.8, 4) is 0 Å². The molecule has 6 heteroatoms. The van der Waals surface area contributed by atoms with Crippen LogP contribution in [0.4, 0.5) is 5.00 Å². The van der Waals surface area contributed by atoms with Crippen molar-refractivity contribution in [2.24, 2.45) is 5.41 Å². The van der Waals surface area contributed by atoms with Gasteiger partial charge < -0.3 is 15.7 Å². The number of carbonyl (C=O) groups excluding carboxylic acids is 2. The summed E-state index contributed by atoms with van der Waals surface area (Å²) in [6.45, 7) is 11.3. The second-order valence-electron chi connectivity index (χ2n) is 7.17. The normalized spacial score (nSPS) is 14.2. The lowest BCUT2D eigenvalue weighted by Gasteiger charge is -2.28. The standard InChI is InChI=1S/C17H28N2O3S/c1-7-17(6,8-9-20)19-14(21)13-11(2)10-12(23-13)18-15(22)16(3,4)5/h10,20H,7-9H2,1-6H3,(H,18,22)(H,19,21). The fourth-order valence-corrected chi connectivity index (χ4v) is 2.94. The van der Waals surface area contributed by atoms with E-state index in [9.17, 15) is 9.59 Å². The molecule has 0 aliphatic rings. The third-order valence-electron chi connectivity index (χ3n) is 3.90. The van der Waals surface area contributed by atoms with Gasteiger partial charge in [0.1, 0.15) is 0 Å². The number of carbonyl (C=O) groups is 2. The Bertz CT molecular complexity index is 575. The van der Waals surface area contributed by atoms with Crippen molar-refractivity contribution >= 4 is 28.2 Å². The van der Waals surface area contributed by atoms with E-state index in [-0.39, 0.29) is 18.4 Å². The number of nitrogens with one attached hydrogen (secondary N) is 2. The molecule has 1 atom stereocenters. The molecule has 1 aromatic heterocycles. The van der Waals surface area contributed by atoms with Crippen molar-refractivity contribution in [1.29, 1.82) is 0 Å². The number of hydrogen-bond acceptors (Lipinski definition) is 4. The Morgan fingerprint density at radius 2 is 1.87 bits per heavy atom. The van der Waals surface area contributed by atoms with Gasteiger partial charge in [-0.25, -0.2) is 0 Å². The zero-order chi connectivity index (χ0) is 17.8. The topological polar surface area (TPSA) is 78.4 Å². The van der Waals surface area contributed by atoms with Crippen LogP contribution in [0.5, 0.6) is 0 Å². The summed E-state index contributed by atoms with van der Waals surface area (Å²) >= 11 is 1.27. The van der Waals surface area contributed by atoms with E-state index in [0.717, 1.165) is 12.0 Å². The third-order valence-corrected chi connectivity index (χ3v) is 5.05. The molecule has 0 aromatic carbocycles. The molecule has 0 fully saturated rings. The van der Waals surface area contributed by atoms with Gasteiger partial charge in [-0.3, -0.25) is 9.59 Å². The Labute approximate surface area is 142 Å². The van der Waals surface area contributed by atoms with Crippen LogP contribution >= 0.6 is 11.3 Å². The molecule has 0 bridgehead atoms. The predicted molar refractivity (Wildman–Crippen MR) is 95.0 cm³/mol. The molecule has 23 heavy (non-hydrogen) atoms. The highest BCUT2D eigenvalue weighted by Crippen LogP contribution is 2.29. The monoisotopic (exact) mass is 340 g/mol. The highest BCUT2D eigenvalue weighted by Gasteiger charge is 2.27. The average Bonchev–Trinajstić information content (AvgIpc) is 2.78. The number of rotatable bonds is 6. The van der Waals surface area contributed by atoms with E-state index in [1.54, 1.807) is 0 Å². The van der Waals surface area contributed by atoms with Crippen molar-refractivity contribution in [2.45, 2.75) is 59.9 Å². The zero-order valence-corrected chi connectivity index (χ0v) is 15.7. The molecular formula is C17H28N2O3S. The number of aliphatic hydroxyl groups is 1. The average molecular weight is 340 g/mol. The molecule has 1 rings (SSSR count). The molecule has 5 nitrogen and oxygen atoms in total. The van der Waals surface area contributed by atoms with Crippen LogP contribution < -0.4 is 10.6 Å². The predicted octanol–water partition coefficient (Wildman–Crippen LogP) is 3.32. The molecular weight excluding hydrogens is 312 g/mol. The van der Waals surface area contributed by atoms with E-state index in [1.807, 2.05) is 47.6 Å². The van der Waals surface area contributed by atoms with E-state index in [0.29, 0.717) is 16.3 Å². The van der Waals surface area contributed by atoms with Gasteiger partial charge >= 0.3 is 0 Å². The molecule has 1 aromatic rings. The Morgan fingerprint density at radius 3 is 2.35 bits per heavy atom. The summed E-state index contributed by atoms with van der Waals surface area (Å²) in [6, 6.07) is 1.82. The lowest BCUT2D eigenvalue weighted by atomic mass is 9.94. The van der Waals surface area contributed by atoms with Gasteiger partial charge in [-0.2, -0.15) is 0 Å². The van der Waals surface area contributed by atoms with Crippen LogP contribution in [0.3, 0.4) is 0 Å². The van der Waals surface area contributed by atoms with Gasteiger partial charge in [0, 0.05) is 17.6 Å². The SMILES string of the molecule is CCC(C)(CCO)NC(=O)c1sc(NC(=O)C(C)(C)C)cc1C. The number of thiophene rings is 1. The summed E-state index contributed by atoms with van der Waals surface area (Å²) in [6.07, 6.45) is 1.24. The molecule has 1 unspecified atom stereocenters. The summed E-state index contributed by atoms with van der Waals surface area (Å²) in [5.74, 6) is -0.244. The quantitative estimate of drug-likeness (QED) is 0.743. The molecule has 0 radical (unpaired) electrons. The Kier molecular flexibility index (Phi) is 6.36. The van der Waals surface area contributed by atoms with Gasteiger partial charge in [-0.15, -0.1) is 11.3 Å². The van der Waals surface area contributed by atoms with Crippen molar-refractivity contribution in [2.75, 3.05) is 11.9 Å². The van der Waals surface area contributed by atoms with Crippen LogP contribution in [0.25, 0.3) is 0 Å². The molecule has 1 heterocycles. The first-order valence-electron chi connectivity index (χ1n) is 7.87. The Balaban J connectivity index is 2.89. The molecule has 0 saturated heterocycles. The molecule has 0 aliphatic heterocycles. The van der Waals surface area contributed by atoms with Crippen LogP contribution in [0.15, 0.2) is 6.07 Å². The van der Waals surface area contributed by atoms with E-state index in [1.165, 1.54) is 11.3 Å². The maximum Gasteiger partial charge on any atom is 0.262 e. The van der Waals surface area contributed by atoms with Gasteiger partial charge in [0.2, 0.25) is 5.91 Å². The Morgan fingerprint density at radius 1 is 1.26 bits per heavy atom. The minimum atomic E-state index is -0.484. The fraction of sp³-hybridized carbons (Fsp3) is 0.647. The summed E-state index contributed by atoms with van der Waals surface area (Å²) < 4.78 is 0. The highest BCUT2D eigenvalue weighted by atomic mass is 32.1. The smallest absolute Gasteiger partial charge is 0.262 e. The molecule has 0 aliphatic carbocycles. The van der Waals surface area contributed by atoms with Crippen LogP contribution in [0, 0.1) is 12.3 Å². The second-order valence-corrected chi connectivity index (χ2v) is 8.22. The maximum absolute atomic E-state index is 12.5. The van der Waals surface area contributed by atoms with Crippen molar-refractivity contribution in [1.82, 2.24) is 5.32 Å². The summed E-state index contributed by atoms with van der Waals surface area (Å²) in [5, 5.41) is 15.7. The van der Waals surface area contributed by atoms with Gasteiger partial charge in [-0.05, 0) is 38.3 Å². The number of anilines is 1.